The van der Waals surface area contributed by atoms with Gasteiger partial charge in [0.05, 0.1) is 12.1 Å². The lowest BCUT2D eigenvalue weighted by Gasteiger charge is -2.26. The molecule has 0 N–H and O–H groups in total. The van der Waals surface area contributed by atoms with Gasteiger partial charge in [-0.3, -0.25) is 4.79 Å². The number of hydrogen-bond acceptors (Lipinski definition) is 2. The van der Waals surface area contributed by atoms with Gasteiger partial charge in [0.15, 0.2) is 0 Å². The SMILES string of the molecule is COc1ccc(CCC(=O)N2CCCCC2)cc1Cl. The Labute approximate surface area is 119 Å². The first-order valence-electron chi connectivity index (χ1n) is 6.81. The van der Waals surface area contributed by atoms with Gasteiger partial charge in [0.25, 0.3) is 0 Å². The quantitative estimate of drug-likeness (QED) is 0.847. The van der Waals surface area contributed by atoms with Gasteiger partial charge in [-0.2, -0.15) is 0 Å². The van der Waals surface area contributed by atoms with E-state index >= 15 is 0 Å². The minimum absolute atomic E-state index is 0.256. The van der Waals surface area contributed by atoms with Crippen LogP contribution in [0, 0.1) is 0 Å². The van der Waals surface area contributed by atoms with Gasteiger partial charge >= 0.3 is 0 Å². The summed E-state index contributed by atoms with van der Waals surface area (Å²) in [5, 5.41) is 0.602. The van der Waals surface area contributed by atoms with Crippen LogP contribution in [0.4, 0.5) is 0 Å². The molecule has 1 aromatic rings. The predicted molar refractivity (Wildman–Crippen MR) is 76.8 cm³/mol. The first-order valence-corrected chi connectivity index (χ1v) is 7.18. The highest BCUT2D eigenvalue weighted by Gasteiger charge is 2.16. The second-order valence-corrected chi connectivity index (χ2v) is 5.32. The zero-order valence-electron chi connectivity index (χ0n) is 11.3. The summed E-state index contributed by atoms with van der Waals surface area (Å²) in [5.41, 5.74) is 1.08. The van der Waals surface area contributed by atoms with Gasteiger partial charge in [-0.25, -0.2) is 0 Å². The third kappa shape index (κ3) is 3.87. The molecule has 0 atom stereocenters. The van der Waals surface area contributed by atoms with Gasteiger partial charge in [-0.15, -0.1) is 0 Å². The molecule has 19 heavy (non-hydrogen) atoms. The molecule has 1 heterocycles. The lowest BCUT2D eigenvalue weighted by Crippen LogP contribution is -2.35. The van der Waals surface area contributed by atoms with E-state index in [-0.39, 0.29) is 5.91 Å². The highest BCUT2D eigenvalue weighted by molar-refractivity contribution is 6.32. The fourth-order valence-corrected chi connectivity index (χ4v) is 2.70. The van der Waals surface area contributed by atoms with Crippen LogP contribution < -0.4 is 4.74 Å². The number of piperidine rings is 1. The average Bonchev–Trinajstić information content (AvgIpc) is 2.46. The van der Waals surface area contributed by atoms with E-state index in [1.807, 2.05) is 23.1 Å². The van der Waals surface area contributed by atoms with Crippen molar-refractivity contribution in [1.29, 1.82) is 0 Å². The lowest BCUT2D eigenvalue weighted by atomic mass is 10.1. The molecule has 0 aliphatic carbocycles. The van der Waals surface area contributed by atoms with Crippen LogP contribution in [0.1, 0.15) is 31.2 Å². The first-order chi connectivity index (χ1) is 9.20. The number of nitrogens with zero attached hydrogens (tertiary/aromatic N) is 1. The van der Waals surface area contributed by atoms with E-state index < -0.39 is 0 Å². The summed E-state index contributed by atoms with van der Waals surface area (Å²) in [5.74, 6) is 0.930. The van der Waals surface area contributed by atoms with Crippen molar-refractivity contribution >= 4 is 17.5 Å². The third-order valence-electron chi connectivity index (χ3n) is 3.55. The summed E-state index contributed by atoms with van der Waals surface area (Å²) in [6.45, 7) is 1.84. The van der Waals surface area contributed by atoms with Crippen molar-refractivity contribution in [3.05, 3.63) is 28.8 Å². The maximum atomic E-state index is 12.0. The molecule has 1 aliphatic rings. The molecule has 0 unspecified atom stereocenters. The van der Waals surface area contributed by atoms with Gasteiger partial charge in [-0.1, -0.05) is 17.7 Å². The second-order valence-electron chi connectivity index (χ2n) is 4.91. The number of likely N-dealkylation sites (tertiary alicyclic amines) is 1. The Balaban J connectivity index is 1.87. The molecule has 0 bridgehead atoms. The largest absolute Gasteiger partial charge is 0.495 e. The number of ether oxygens (including phenoxy) is 1. The smallest absolute Gasteiger partial charge is 0.222 e. The number of amides is 1. The van der Waals surface area contributed by atoms with Crippen LogP contribution >= 0.6 is 11.6 Å². The molecule has 1 saturated heterocycles. The summed E-state index contributed by atoms with van der Waals surface area (Å²) in [7, 11) is 1.60. The standard InChI is InChI=1S/C15H20ClNO2/c1-19-14-7-5-12(11-13(14)16)6-8-15(18)17-9-3-2-4-10-17/h5,7,11H,2-4,6,8-10H2,1H3. The summed E-state index contributed by atoms with van der Waals surface area (Å²) in [4.78, 5) is 14.0. The zero-order chi connectivity index (χ0) is 13.7. The van der Waals surface area contributed by atoms with E-state index in [0.717, 1.165) is 37.9 Å². The fraction of sp³-hybridized carbons (Fsp3) is 0.533. The van der Waals surface area contributed by atoms with E-state index in [4.69, 9.17) is 16.3 Å². The van der Waals surface area contributed by atoms with Crippen molar-refractivity contribution in [2.75, 3.05) is 20.2 Å². The summed E-state index contributed by atoms with van der Waals surface area (Å²) < 4.78 is 5.11. The van der Waals surface area contributed by atoms with Crippen molar-refractivity contribution in [2.45, 2.75) is 32.1 Å². The molecule has 0 spiro atoms. The Morgan fingerprint density at radius 3 is 2.68 bits per heavy atom. The number of halogens is 1. The van der Waals surface area contributed by atoms with E-state index in [9.17, 15) is 4.79 Å². The van der Waals surface area contributed by atoms with Gasteiger partial charge in [-0.05, 0) is 43.4 Å². The molecule has 1 aliphatic heterocycles. The van der Waals surface area contributed by atoms with Gasteiger partial charge in [0, 0.05) is 19.5 Å². The number of carbonyl (C=O) groups is 1. The average molecular weight is 282 g/mol. The minimum atomic E-state index is 0.256. The van der Waals surface area contributed by atoms with E-state index in [1.165, 1.54) is 6.42 Å². The number of methoxy groups -OCH3 is 1. The number of aryl methyl sites for hydroxylation is 1. The van der Waals surface area contributed by atoms with Crippen LogP contribution in [0.2, 0.25) is 5.02 Å². The molecular weight excluding hydrogens is 262 g/mol. The fourth-order valence-electron chi connectivity index (χ4n) is 2.42. The highest BCUT2D eigenvalue weighted by atomic mass is 35.5. The van der Waals surface area contributed by atoms with Crippen LogP contribution in [0.3, 0.4) is 0 Å². The van der Waals surface area contributed by atoms with Crippen LogP contribution in [0.25, 0.3) is 0 Å². The maximum Gasteiger partial charge on any atom is 0.222 e. The van der Waals surface area contributed by atoms with Gasteiger partial charge < -0.3 is 9.64 Å². The third-order valence-corrected chi connectivity index (χ3v) is 3.85. The van der Waals surface area contributed by atoms with Crippen molar-refractivity contribution in [3.63, 3.8) is 0 Å². The van der Waals surface area contributed by atoms with Crippen LogP contribution in [-0.2, 0) is 11.2 Å². The van der Waals surface area contributed by atoms with Crippen molar-refractivity contribution in [2.24, 2.45) is 0 Å². The van der Waals surface area contributed by atoms with E-state index in [2.05, 4.69) is 0 Å². The topological polar surface area (TPSA) is 29.5 Å². The van der Waals surface area contributed by atoms with Crippen molar-refractivity contribution < 1.29 is 9.53 Å². The first kappa shape index (κ1) is 14.2. The summed E-state index contributed by atoms with van der Waals surface area (Å²) >= 11 is 6.07. The van der Waals surface area contributed by atoms with Crippen molar-refractivity contribution in [1.82, 2.24) is 4.90 Å². The number of benzene rings is 1. The predicted octanol–water partition coefficient (Wildman–Crippen LogP) is 3.29. The Bertz CT molecular complexity index is 442. The molecule has 1 aromatic carbocycles. The summed E-state index contributed by atoms with van der Waals surface area (Å²) in [6, 6.07) is 5.70. The van der Waals surface area contributed by atoms with Crippen molar-refractivity contribution in [3.8, 4) is 5.75 Å². The molecule has 104 valence electrons. The maximum absolute atomic E-state index is 12.0. The molecule has 0 radical (unpaired) electrons. The van der Waals surface area contributed by atoms with Crippen LogP contribution in [-0.4, -0.2) is 31.0 Å². The molecule has 3 nitrogen and oxygen atoms in total. The molecule has 4 heteroatoms. The second kappa shape index (κ2) is 6.80. The lowest BCUT2D eigenvalue weighted by molar-refractivity contribution is -0.132. The molecular formula is C15H20ClNO2. The van der Waals surface area contributed by atoms with Gasteiger partial charge in [0.1, 0.15) is 5.75 Å². The molecule has 2 rings (SSSR count). The Hall–Kier alpha value is -1.22. The molecule has 1 amide bonds. The highest BCUT2D eigenvalue weighted by Crippen LogP contribution is 2.25. The summed E-state index contributed by atoms with van der Waals surface area (Å²) in [6.07, 6.45) is 4.82. The normalized spacial score (nSPS) is 15.4. The number of hydrogen-bond donors (Lipinski definition) is 0. The van der Waals surface area contributed by atoms with Gasteiger partial charge in [0.2, 0.25) is 5.91 Å². The molecule has 0 saturated carbocycles. The van der Waals surface area contributed by atoms with E-state index in [0.29, 0.717) is 17.2 Å². The Morgan fingerprint density at radius 2 is 2.05 bits per heavy atom. The minimum Gasteiger partial charge on any atom is -0.495 e. The molecule has 1 fully saturated rings. The monoisotopic (exact) mass is 281 g/mol. The zero-order valence-corrected chi connectivity index (χ0v) is 12.1. The van der Waals surface area contributed by atoms with Crippen LogP contribution in [0.5, 0.6) is 5.75 Å². The van der Waals surface area contributed by atoms with Crippen LogP contribution in [0.15, 0.2) is 18.2 Å². The Morgan fingerprint density at radius 1 is 1.32 bits per heavy atom. The number of rotatable bonds is 4. The Kier molecular flexibility index (Phi) is 5.08. The molecule has 0 aromatic heterocycles. The van der Waals surface area contributed by atoms with E-state index in [1.54, 1.807) is 7.11 Å². The number of carbonyl (C=O) groups excluding carboxylic acids is 1.